The summed E-state index contributed by atoms with van der Waals surface area (Å²) in [7, 11) is 0. The van der Waals surface area contributed by atoms with Crippen molar-refractivity contribution in [3.63, 3.8) is 0 Å². The lowest BCUT2D eigenvalue weighted by Gasteiger charge is -2.01. The van der Waals surface area contributed by atoms with E-state index in [1.807, 2.05) is 6.07 Å². The number of para-hydroxylation sites is 1. The minimum atomic E-state index is 0.213. The Hall–Kier alpha value is -1.68. The van der Waals surface area contributed by atoms with E-state index in [-0.39, 0.29) is 5.75 Å². The van der Waals surface area contributed by atoms with E-state index >= 15 is 0 Å². The number of H-pyrrole nitrogens is 1. The highest BCUT2D eigenvalue weighted by Gasteiger charge is 2.02. The number of nitrogens with zero attached hydrogens (tertiary/aromatic N) is 1. The number of rotatable bonds is 1. The Morgan fingerprint density at radius 2 is 1.93 bits per heavy atom. The van der Waals surface area contributed by atoms with E-state index in [2.05, 4.69) is 10.2 Å². The van der Waals surface area contributed by atoms with Gasteiger partial charge in [0.25, 0.3) is 0 Å². The molecule has 1 aromatic carbocycles. The highest BCUT2D eigenvalue weighted by molar-refractivity contribution is 7.71. The third-order valence-corrected chi connectivity index (χ3v) is 2.09. The maximum atomic E-state index is 9.55. The molecule has 14 heavy (non-hydrogen) atoms. The molecule has 70 valence electrons. The average Bonchev–Trinajstić information content (AvgIpc) is 2.20. The predicted octanol–water partition coefficient (Wildman–Crippen LogP) is 2.51. The van der Waals surface area contributed by atoms with E-state index in [4.69, 9.17) is 12.2 Å². The fraction of sp³-hybridized carbons (Fsp3) is 0. The van der Waals surface area contributed by atoms with Crippen LogP contribution >= 0.6 is 12.2 Å². The number of phenolic OH excluding ortho intramolecular Hbond substituents is 1. The summed E-state index contributed by atoms with van der Waals surface area (Å²) >= 11 is 4.87. The molecule has 0 aliphatic carbocycles. The lowest BCUT2D eigenvalue weighted by molar-refractivity contribution is 0.477. The first-order valence-corrected chi connectivity index (χ1v) is 4.52. The normalized spacial score (nSPS) is 10.0. The van der Waals surface area contributed by atoms with Crippen molar-refractivity contribution in [1.82, 2.24) is 10.2 Å². The van der Waals surface area contributed by atoms with Crippen LogP contribution in [0.5, 0.6) is 5.75 Å². The molecule has 0 amide bonds. The molecule has 0 fully saturated rings. The molecular formula is C10H8N2OS. The minimum absolute atomic E-state index is 0.213. The molecule has 1 aromatic heterocycles. The lowest BCUT2D eigenvalue weighted by atomic mass is 10.1. The van der Waals surface area contributed by atoms with Gasteiger partial charge in [-0.05, 0) is 24.3 Å². The molecule has 0 spiro atoms. The van der Waals surface area contributed by atoms with Crippen LogP contribution in [0, 0.1) is 4.64 Å². The summed E-state index contributed by atoms with van der Waals surface area (Å²) in [5, 5.41) is 16.3. The Labute approximate surface area is 86.0 Å². The van der Waals surface area contributed by atoms with E-state index in [0.29, 0.717) is 15.9 Å². The lowest BCUT2D eigenvalue weighted by Crippen LogP contribution is -1.86. The molecule has 0 saturated carbocycles. The molecule has 2 aromatic rings. The third-order valence-electron chi connectivity index (χ3n) is 1.86. The quantitative estimate of drug-likeness (QED) is 0.702. The summed E-state index contributed by atoms with van der Waals surface area (Å²) in [5.41, 5.74) is 1.37. The molecule has 3 nitrogen and oxygen atoms in total. The number of aromatic amines is 1. The van der Waals surface area contributed by atoms with Crippen molar-refractivity contribution in [2.75, 3.05) is 0 Å². The van der Waals surface area contributed by atoms with E-state index in [1.54, 1.807) is 30.3 Å². The largest absolute Gasteiger partial charge is 0.507 e. The molecule has 0 unspecified atom stereocenters. The van der Waals surface area contributed by atoms with E-state index in [0.717, 1.165) is 0 Å². The Morgan fingerprint density at radius 1 is 1.14 bits per heavy atom. The number of aromatic nitrogens is 2. The number of nitrogens with one attached hydrogen (secondary N) is 1. The second kappa shape index (κ2) is 3.59. The van der Waals surface area contributed by atoms with Gasteiger partial charge in [-0.15, -0.1) is 0 Å². The Kier molecular flexibility index (Phi) is 2.28. The molecule has 2 rings (SSSR count). The monoisotopic (exact) mass is 204 g/mol. The van der Waals surface area contributed by atoms with Crippen molar-refractivity contribution in [3.05, 3.63) is 41.0 Å². The third kappa shape index (κ3) is 1.65. The molecule has 0 saturated heterocycles. The molecular weight excluding hydrogens is 196 g/mol. The average molecular weight is 204 g/mol. The van der Waals surface area contributed by atoms with Crippen LogP contribution in [0.4, 0.5) is 0 Å². The van der Waals surface area contributed by atoms with Crippen molar-refractivity contribution in [1.29, 1.82) is 0 Å². The number of aromatic hydroxyl groups is 1. The smallest absolute Gasteiger partial charge is 0.125 e. The molecule has 4 heteroatoms. The van der Waals surface area contributed by atoms with Gasteiger partial charge in [0.15, 0.2) is 0 Å². The number of hydrogen-bond donors (Lipinski definition) is 2. The zero-order chi connectivity index (χ0) is 9.97. The highest BCUT2D eigenvalue weighted by atomic mass is 32.1. The van der Waals surface area contributed by atoms with Gasteiger partial charge in [-0.2, -0.15) is 5.10 Å². The van der Waals surface area contributed by atoms with Gasteiger partial charge in [0.1, 0.15) is 10.4 Å². The van der Waals surface area contributed by atoms with Crippen molar-refractivity contribution < 1.29 is 5.11 Å². The summed E-state index contributed by atoms with van der Waals surface area (Å²) < 4.78 is 0.573. The topological polar surface area (TPSA) is 48.9 Å². The number of hydrogen-bond acceptors (Lipinski definition) is 3. The summed E-state index contributed by atoms with van der Waals surface area (Å²) in [5.74, 6) is 0.213. The van der Waals surface area contributed by atoms with Crippen LogP contribution in [-0.2, 0) is 0 Å². The Bertz CT molecular complexity index is 487. The molecule has 0 bridgehead atoms. The number of phenols is 1. The molecule has 0 radical (unpaired) electrons. The molecule has 2 N–H and O–H groups in total. The first-order valence-electron chi connectivity index (χ1n) is 4.11. The number of benzene rings is 1. The second-order valence-electron chi connectivity index (χ2n) is 2.82. The summed E-state index contributed by atoms with van der Waals surface area (Å²) in [6.45, 7) is 0. The zero-order valence-corrected chi connectivity index (χ0v) is 8.08. The van der Waals surface area contributed by atoms with Crippen molar-refractivity contribution in [2.24, 2.45) is 0 Å². The maximum Gasteiger partial charge on any atom is 0.125 e. The molecule has 1 heterocycles. The highest BCUT2D eigenvalue weighted by Crippen LogP contribution is 2.25. The first kappa shape index (κ1) is 8.90. The van der Waals surface area contributed by atoms with Crippen LogP contribution in [0.2, 0.25) is 0 Å². The van der Waals surface area contributed by atoms with Crippen molar-refractivity contribution in [2.45, 2.75) is 0 Å². The van der Waals surface area contributed by atoms with E-state index < -0.39 is 0 Å². The Balaban J connectivity index is 2.55. The molecule has 0 aliphatic rings. The molecule has 0 aliphatic heterocycles. The predicted molar refractivity (Wildman–Crippen MR) is 56.5 cm³/mol. The van der Waals surface area contributed by atoms with Gasteiger partial charge in [-0.25, -0.2) is 0 Å². The van der Waals surface area contributed by atoms with Crippen LogP contribution < -0.4 is 0 Å². The fourth-order valence-electron chi connectivity index (χ4n) is 1.18. The maximum absolute atomic E-state index is 9.55. The van der Waals surface area contributed by atoms with Gasteiger partial charge in [0, 0.05) is 5.56 Å². The van der Waals surface area contributed by atoms with Crippen LogP contribution in [-0.4, -0.2) is 15.3 Å². The van der Waals surface area contributed by atoms with Gasteiger partial charge in [-0.3, -0.25) is 5.10 Å². The second-order valence-corrected chi connectivity index (χ2v) is 3.26. The van der Waals surface area contributed by atoms with Crippen LogP contribution in [0.3, 0.4) is 0 Å². The SMILES string of the molecule is Oc1ccccc1-c1ccc(=S)[nH]n1. The van der Waals surface area contributed by atoms with E-state index in [9.17, 15) is 5.11 Å². The van der Waals surface area contributed by atoms with Gasteiger partial charge in [-0.1, -0.05) is 24.4 Å². The fourth-order valence-corrected chi connectivity index (χ4v) is 1.30. The van der Waals surface area contributed by atoms with Crippen LogP contribution in [0.25, 0.3) is 11.3 Å². The first-order chi connectivity index (χ1) is 6.77. The van der Waals surface area contributed by atoms with Gasteiger partial charge in [0.2, 0.25) is 0 Å². The van der Waals surface area contributed by atoms with Crippen molar-refractivity contribution in [3.8, 4) is 17.0 Å². The van der Waals surface area contributed by atoms with Gasteiger partial charge >= 0.3 is 0 Å². The van der Waals surface area contributed by atoms with Gasteiger partial charge < -0.3 is 5.11 Å². The summed E-state index contributed by atoms with van der Waals surface area (Å²) in [4.78, 5) is 0. The minimum Gasteiger partial charge on any atom is -0.507 e. The van der Waals surface area contributed by atoms with Gasteiger partial charge in [0.05, 0.1) is 5.69 Å². The van der Waals surface area contributed by atoms with Crippen LogP contribution in [0.15, 0.2) is 36.4 Å². The van der Waals surface area contributed by atoms with Crippen LogP contribution in [0.1, 0.15) is 0 Å². The van der Waals surface area contributed by atoms with E-state index in [1.165, 1.54) is 0 Å². The van der Waals surface area contributed by atoms with Crippen molar-refractivity contribution >= 4 is 12.2 Å². The summed E-state index contributed by atoms with van der Waals surface area (Å²) in [6.07, 6.45) is 0. The standard InChI is InChI=1S/C10H8N2OS/c13-9-4-2-1-3-7(9)8-5-6-10(14)12-11-8/h1-6,13H,(H,12,14). The zero-order valence-electron chi connectivity index (χ0n) is 7.27. The Morgan fingerprint density at radius 3 is 2.57 bits per heavy atom. The summed E-state index contributed by atoms with van der Waals surface area (Å²) in [6, 6.07) is 10.5. The molecule has 0 atom stereocenters.